The number of hydrogen-bond acceptors (Lipinski definition) is 3. The van der Waals surface area contributed by atoms with Crippen LogP contribution in [0.3, 0.4) is 0 Å². The normalized spacial score (nSPS) is 14.1. The first-order valence-electron chi connectivity index (χ1n) is 8.25. The molecular formula is C19H25NO3. The van der Waals surface area contributed by atoms with Gasteiger partial charge in [-0.25, -0.2) is 4.79 Å². The second-order valence-corrected chi connectivity index (χ2v) is 6.08. The number of amides is 1. The molecule has 124 valence electrons. The van der Waals surface area contributed by atoms with Gasteiger partial charge < -0.3 is 10.1 Å². The molecular weight excluding hydrogens is 290 g/mol. The molecule has 0 radical (unpaired) electrons. The summed E-state index contributed by atoms with van der Waals surface area (Å²) in [5.41, 5.74) is 4.05. The minimum Gasteiger partial charge on any atom is -0.452 e. The Morgan fingerprint density at radius 1 is 1.17 bits per heavy atom. The van der Waals surface area contributed by atoms with Gasteiger partial charge in [-0.15, -0.1) is 0 Å². The summed E-state index contributed by atoms with van der Waals surface area (Å²) in [6.45, 7) is 4.30. The average molecular weight is 315 g/mol. The highest BCUT2D eigenvalue weighted by Crippen LogP contribution is 2.19. The van der Waals surface area contributed by atoms with Crippen molar-refractivity contribution >= 4 is 11.9 Å². The highest BCUT2D eigenvalue weighted by molar-refractivity contribution is 5.91. The number of ether oxygens (including phenoxy) is 1. The molecule has 0 aromatic heterocycles. The summed E-state index contributed by atoms with van der Waals surface area (Å²) in [5.74, 6) is -0.711. The molecule has 0 unspecified atom stereocenters. The predicted molar refractivity (Wildman–Crippen MR) is 90.4 cm³/mol. The van der Waals surface area contributed by atoms with Crippen LogP contribution in [0.25, 0.3) is 0 Å². The smallest absolute Gasteiger partial charge is 0.338 e. The number of benzene rings is 1. The van der Waals surface area contributed by atoms with Gasteiger partial charge in [0.05, 0.1) is 5.56 Å². The number of hydrogen-bond donors (Lipinski definition) is 1. The van der Waals surface area contributed by atoms with Gasteiger partial charge in [-0.1, -0.05) is 17.7 Å². The van der Waals surface area contributed by atoms with E-state index in [0.717, 1.165) is 30.4 Å². The van der Waals surface area contributed by atoms with E-state index in [0.29, 0.717) is 12.1 Å². The van der Waals surface area contributed by atoms with Gasteiger partial charge in [-0.05, 0) is 69.2 Å². The molecule has 0 spiro atoms. The van der Waals surface area contributed by atoms with Gasteiger partial charge in [0.2, 0.25) is 0 Å². The highest BCUT2D eigenvalue weighted by Gasteiger charge is 2.11. The lowest BCUT2D eigenvalue weighted by atomic mass is 9.97. The number of carbonyl (C=O) groups is 2. The molecule has 1 aliphatic rings. The van der Waals surface area contributed by atoms with Gasteiger partial charge in [0.1, 0.15) is 0 Å². The van der Waals surface area contributed by atoms with Crippen molar-refractivity contribution in [3.8, 4) is 0 Å². The predicted octanol–water partition coefficient (Wildman–Crippen LogP) is 3.47. The second-order valence-electron chi connectivity index (χ2n) is 6.08. The van der Waals surface area contributed by atoms with E-state index < -0.39 is 5.97 Å². The Morgan fingerprint density at radius 2 is 2.00 bits per heavy atom. The second kappa shape index (κ2) is 8.51. The number of aryl methyl sites for hydroxylation is 2. The molecule has 0 saturated carbocycles. The molecule has 1 N–H and O–H groups in total. The Hall–Kier alpha value is -2.10. The lowest BCUT2D eigenvalue weighted by Gasteiger charge is -2.13. The third-order valence-corrected chi connectivity index (χ3v) is 4.23. The maximum absolute atomic E-state index is 11.9. The molecule has 1 aromatic carbocycles. The Balaban J connectivity index is 1.70. The lowest BCUT2D eigenvalue weighted by Crippen LogP contribution is -2.29. The van der Waals surface area contributed by atoms with Crippen LogP contribution in [0.15, 0.2) is 29.8 Å². The van der Waals surface area contributed by atoms with E-state index >= 15 is 0 Å². The molecule has 0 saturated heterocycles. The molecule has 4 heteroatoms. The molecule has 1 aliphatic carbocycles. The molecule has 1 amide bonds. The van der Waals surface area contributed by atoms with Crippen LogP contribution in [0.5, 0.6) is 0 Å². The fourth-order valence-corrected chi connectivity index (χ4v) is 2.63. The summed E-state index contributed by atoms with van der Waals surface area (Å²) in [4.78, 5) is 23.7. The topological polar surface area (TPSA) is 55.4 Å². The quantitative estimate of drug-likeness (QED) is 0.646. The third-order valence-electron chi connectivity index (χ3n) is 4.23. The van der Waals surface area contributed by atoms with E-state index in [1.807, 2.05) is 19.9 Å². The largest absolute Gasteiger partial charge is 0.452 e. The minimum atomic E-state index is -0.460. The van der Waals surface area contributed by atoms with Gasteiger partial charge in [0.15, 0.2) is 6.61 Å². The maximum Gasteiger partial charge on any atom is 0.338 e. The number of allylic oxidation sites excluding steroid dienone is 1. The van der Waals surface area contributed by atoms with Crippen LogP contribution >= 0.6 is 0 Å². The fraction of sp³-hybridized carbons (Fsp3) is 0.474. The number of esters is 1. The summed E-state index contributed by atoms with van der Waals surface area (Å²) >= 11 is 0. The Kier molecular flexibility index (Phi) is 6.39. The van der Waals surface area contributed by atoms with Crippen molar-refractivity contribution in [2.45, 2.75) is 46.0 Å². The zero-order valence-electron chi connectivity index (χ0n) is 14.0. The van der Waals surface area contributed by atoms with Crippen molar-refractivity contribution in [2.75, 3.05) is 13.2 Å². The van der Waals surface area contributed by atoms with Crippen molar-refractivity contribution in [3.63, 3.8) is 0 Å². The Labute approximate surface area is 137 Å². The van der Waals surface area contributed by atoms with Crippen LogP contribution in [-0.2, 0) is 9.53 Å². The van der Waals surface area contributed by atoms with E-state index in [1.165, 1.54) is 18.4 Å². The van der Waals surface area contributed by atoms with E-state index in [9.17, 15) is 9.59 Å². The van der Waals surface area contributed by atoms with Crippen LogP contribution in [0.2, 0.25) is 0 Å². The van der Waals surface area contributed by atoms with Crippen LogP contribution in [-0.4, -0.2) is 25.0 Å². The molecule has 2 rings (SSSR count). The first kappa shape index (κ1) is 17.3. The molecule has 0 fully saturated rings. The summed E-state index contributed by atoms with van der Waals surface area (Å²) < 4.78 is 5.06. The first-order chi connectivity index (χ1) is 11.1. The third kappa shape index (κ3) is 5.55. The zero-order chi connectivity index (χ0) is 16.7. The average Bonchev–Trinajstić information content (AvgIpc) is 2.56. The van der Waals surface area contributed by atoms with E-state index in [-0.39, 0.29) is 12.5 Å². The highest BCUT2D eigenvalue weighted by atomic mass is 16.5. The Bertz CT molecular complexity index is 605. The molecule has 1 aromatic rings. The van der Waals surface area contributed by atoms with Gasteiger partial charge in [-0.2, -0.15) is 0 Å². The monoisotopic (exact) mass is 315 g/mol. The van der Waals surface area contributed by atoms with Crippen molar-refractivity contribution in [3.05, 3.63) is 46.5 Å². The van der Waals surface area contributed by atoms with E-state index in [4.69, 9.17) is 4.74 Å². The van der Waals surface area contributed by atoms with E-state index in [1.54, 1.807) is 12.1 Å². The van der Waals surface area contributed by atoms with Gasteiger partial charge >= 0.3 is 5.97 Å². The summed E-state index contributed by atoms with van der Waals surface area (Å²) in [6, 6.07) is 5.38. The maximum atomic E-state index is 11.9. The molecule has 0 heterocycles. The van der Waals surface area contributed by atoms with Crippen molar-refractivity contribution < 1.29 is 14.3 Å². The first-order valence-corrected chi connectivity index (χ1v) is 8.25. The Morgan fingerprint density at radius 3 is 2.70 bits per heavy atom. The van der Waals surface area contributed by atoms with Gasteiger partial charge in [0, 0.05) is 6.54 Å². The van der Waals surface area contributed by atoms with Crippen molar-refractivity contribution in [1.82, 2.24) is 5.32 Å². The van der Waals surface area contributed by atoms with Crippen LogP contribution in [0.1, 0.15) is 53.6 Å². The van der Waals surface area contributed by atoms with Gasteiger partial charge in [0.25, 0.3) is 5.91 Å². The molecule has 0 atom stereocenters. The van der Waals surface area contributed by atoms with E-state index in [2.05, 4.69) is 11.4 Å². The fourth-order valence-electron chi connectivity index (χ4n) is 2.63. The zero-order valence-corrected chi connectivity index (χ0v) is 14.0. The summed E-state index contributed by atoms with van der Waals surface area (Å²) in [6.07, 6.45) is 7.96. The number of rotatable bonds is 6. The SMILES string of the molecule is Cc1ccc(C(=O)OCC(=O)NCCC2=CCCCC2)cc1C. The van der Waals surface area contributed by atoms with Crippen molar-refractivity contribution in [1.29, 1.82) is 0 Å². The lowest BCUT2D eigenvalue weighted by molar-refractivity contribution is -0.124. The standard InChI is InChI=1S/C19H25NO3/c1-14-8-9-17(12-15(14)2)19(22)23-13-18(21)20-11-10-16-6-4-3-5-7-16/h6,8-9,12H,3-5,7,10-11,13H2,1-2H3,(H,20,21). The minimum absolute atomic E-state index is 0.231. The van der Waals surface area contributed by atoms with Crippen LogP contribution < -0.4 is 5.32 Å². The number of carbonyl (C=O) groups excluding carboxylic acids is 2. The summed E-state index contributed by atoms with van der Waals surface area (Å²) in [7, 11) is 0. The van der Waals surface area contributed by atoms with Crippen LogP contribution in [0, 0.1) is 13.8 Å². The molecule has 0 aliphatic heterocycles. The molecule has 23 heavy (non-hydrogen) atoms. The summed E-state index contributed by atoms with van der Waals surface area (Å²) in [5, 5.41) is 2.80. The van der Waals surface area contributed by atoms with Gasteiger partial charge in [-0.3, -0.25) is 4.79 Å². The molecule has 4 nitrogen and oxygen atoms in total. The number of nitrogens with one attached hydrogen (secondary N) is 1. The van der Waals surface area contributed by atoms with Crippen molar-refractivity contribution in [2.24, 2.45) is 0 Å². The van der Waals surface area contributed by atoms with Crippen LogP contribution in [0.4, 0.5) is 0 Å². The molecule has 0 bridgehead atoms.